The zero-order valence-electron chi connectivity index (χ0n) is 12.6. The zero-order chi connectivity index (χ0) is 15.6. The van der Waals surface area contributed by atoms with Crippen LogP contribution in [0.4, 0.5) is 0 Å². The number of hydrogen-bond acceptors (Lipinski definition) is 3. The predicted molar refractivity (Wildman–Crippen MR) is 78.1 cm³/mol. The van der Waals surface area contributed by atoms with Gasteiger partial charge in [-0.05, 0) is 26.3 Å². The fourth-order valence-corrected chi connectivity index (χ4v) is 3.06. The molecule has 1 amide bonds. The first-order chi connectivity index (χ1) is 9.97. The second-order valence-electron chi connectivity index (χ2n) is 5.56. The maximum atomic E-state index is 12.3. The molecule has 1 aromatic carbocycles. The van der Waals surface area contributed by atoms with Crippen LogP contribution in [-0.2, 0) is 9.59 Å². The molecule has 2 atom stereocenters. The zero-order valence-corrected chi connectivity index (χ0v) is 12.6. The van der Waals surface area contributed by atoms with Crippen molar-refractivity contribution in [3.05, 3.63) is 29.8 Å². The van der Waals surface area contributed by atoms with Gasteiger partial charge >= 0.3 is 5.97 Å². The van der Waals surface area contributed by atoms with Crippen LogP contribution in [0.5, 0.6) is 5.75 Å². The van der Waals surface area contributed by atoms with Crippen LogP contribution in [0.25, 0.3) is 0 Å². The standard InChI is InChI=1S/C16H21NO4/c1-10(2)17-14(18)9-8-12(16(19)20)15(17)11-6-4-5-7-13(11)21-3/h4-7,10,12,15H,8-9H2,1-3H3,(H,19,20). The highest BCUT2D eigenvalue weighted by Gasteiger charge is 2.42. The average molecular weight is 291 g/mol. The van der Waals surface area contributed by atoms with E-state index in [0.29, 0.717) is 12.2 Å². The highest BCUT2D eigenvalue weighted by molar-refractivity contribution is 5.82. The van der Waals surface area contributed by atoms with Gasteiger partial charge in [-0.25, -0.2) is 0 Å². The number of carbonyl (C=O) groups is 2. The van der Waals surface area contributed by atoms with E-state index in [9.17, 15) is 14.7 Å². The first-order valence-corrected chi connectivity index (χ1v) is 7.14. The minimum atomic E-state index is -0.871. The van der Waals surface area contributed by atoms with Gasteiger partial charge in [-0.15, -0.1) is 0 Å². The van der Waals surface area contributed by atoms with E-state index in [0.717, 1.165) is 5.56 Å². The van der Waals surface area contributed by atoms with Gasteiger partial charge in [0, 0.05) is 18.0 Å². The molecule has 1 aliphatic rings. The molecule has 2 rings (SSSR count). The lowest BCUT2D eigenvalue weighted by Crippen LogP contribution is -2.48. The number of nitrogens with zero attached hydrogens (tertiary/aromatic N) is 1. The number of hydrogen-bond donors (Lipinski definition) is 1. The van der Waals surface area contributed by atoms with Crippen molar-refractivity contribution in [1.82, 2.24) is 4.90 Å². The third-order valence-corrected chi connectivity index (χ3v) is 3.97. The lowest BCUT2D eigenvalue weighted by Gasteiger charge is -2.42. The second kappa shape index (κ2) is 6.16. The number of carboxylic acids is 1. The van der Waals surface area contributed by atoms with Crippen molar-refractivity contribution in [2.75, 3.05) is 7.11 Å². The van der Waals surface area contributed by atoms with E-state index in [1.54, 1.807) is 18.1 Å². The van der Waals surface area contributed by atoms with Gasteiger partial charge in [0.25, 0.3) is 0 Å². The number of methoxy groups -OCH3 is 1. The average Bonchev–Trinajstić information content (AvgIpc) is 2.46. The third-order valence-electron chi connectivity index (χ3n) is 3.97. The largest absolute Gasteiger partial charge is 0.496 e. The van der Waals surface area contributed by atoms with Gasteiger partial charge in [0.05, 0.1) is 19.1 Å². The van der Waals surface area contributed by atoms with Crippen LogP contribution in [0.3, 0.4) is 0 Å². The number of piperidine rings is 1. The van der Waals surface area contributed by atoms with Crippen molar-refractivity contribution in [1.29, 1.82) is 0 Å². The molecule has 0 saturated carbocycles. The van der Waals surface area contributed by atoms with Crippen LogP contribution in [0.1, 0.15) is 38.3 Å². The van der Waals surface area contributed by atoms with E-state index in [2.05, 4.69) is 0 Å². The molecule has 1 N–H and O–H groups in total. The van der Waals surface area contributed by atoms with Crippen LogP contribution in [0.15, 0.2) is 24.3 Å². The number of carbonyl (C=O) groups excluding carboxylic acids is 1. The molecular weight excluding hydrogens is 270 g/mol. The van der Waals surface area contributed by atoms with Crippen LogP contribution in [-0.4, -0.2) is 35.0 Å². The summed E-state index contributed by atoms with van der Waals surface area (Å²) in [6.45, 7) is 3.81. The van der Waals surface area contributed by atoms with Gasteiger partial charge in [0.1, 0.15) is 5.75 Å². The molecule has 1 heterocycles. The minimum Gasteiger partial charge on any atom is -0.496 e. The van der Waals surface area contributed by atoms with Crippen LogP contribution in [0, 0.1) is 5.92 Å². The lowest BCUT2D eigenvalue weighted by molar-refractivity contribution is -0.153. The monoisotopic (exact) mass is 291 g/mol. The molecule has 0 radical (unpaired) electrons. The van der Waals surface area contributed by atoms with Crippen LogP contribution in [0.2, 0.25) is 0 Å². The number of likely N-dealkylation sites (tertiary alicyclic amines) is 1. The Morgan fingerprint density at radius 2 is 2.05 bits per heavy atom. The second-order valence-corrected chi connectivity index (χ2v) is 5.56. The van der Waals surface area contributed by atoms with E-state index in [-0.39, 0.29) is 18.4 Å². The molecule has 0 spiro atoms. The summed E-state index contributed by atoms with van der Waals surface area (Å²) in [6.07, 6.45) is 0.640. The molecular formula is C16H21NO4. The number of amides is 1. The normalized spacial score (nSPS) is 22.5. The first kappa shape index (κ1) is 15.4. The number of aliphatic carboxylic acids is 1. The maximum absolute atomic E-state index is 12.3. The van der Waals surface area contributed by atoms with E-state index >= 15 is 0 Å². The molecule has 21 heavy (non-hydrogen) atoms. The Morgan fingerprint density at radius 1 is 1.38 bits per heavy atom. The molecule has 114 valence electrons. The summed E-state index contributed by atoms with van der Waals surface area (Å²) in [5.74, 6) is -0.863. The summed E-state index contributed by atoms with van der Waals surface area (Å²) >= 11 is 0. The van der Waals surface area contributed by atoms with E-state index < -0.39 is 17.9 Å². The fraction of sp³-hybridized carbons (Fsp3) is 0.500. The van der Waals surface area contributed by atoms with Gasteiger partial charge in [-0.2, -0.15) is 0 Å². The summed E-state index contributed by atoms with van der Waals surface area (Å²) in [6, 6.07) is 6.77. The molecule has 5 heteroatoms. The quantitative estimate of drug-likeness (QED) is 0.925. The molecule has 1 saturated heterocycles. The van der Waals surface area contributed by atoms with Gasteiger partial charge in [0.2, 0.25) is 5.91 Å². The predicted octanol–water partition coefficient (Wildman–Crippen LogP) is 2.47. The molecule has 0 aliphatic carbocycles. The van der Waals surface area contributed by atoms with Gasteiger partial charge in [0.15, 0.2) is 0 Å². The maximum Gasteiger partial charge on any atom is 0.308 e. The third kappa shape index (κ3) is 2.86. The lowest BCUT2D eigenvalue weighted by atomic mass is 9.83. The van der Waals surface area contributed by atoms with Crippen molar-refractivity contribution < 1.29 is 19.4 Å². The van der Waals surface area contributed by atoms with Gasteiger partial charge in [-0.1, -0.05) is 18.2 Å². The van der Waals surface area contributed by atoms with Crippen molar-refractivity contribution in [2.24, 2.45) is 5.92 Å². The fourth-order valence-electron chi connectivity index (χ4n) is 3.06. The topological polar surface area (TPSA) is 66.8 Å². The number of benzene rings is 1. The molecule has 1 aliphatic heterocycles. The Kier molecular flexibility index (Phi) is 4.50. The Hall–Kier alpha value is -2.04. The Labute approximate surface area is 124 Å². The Bertz CT molecular complexity index is 541. The van der Waals surface area contributed by atoms with E-state index in [1.165, 1.54) is 0 Å². The van der Waals surface area contributed by atoms with Crippen LogP contribution < -0.4 is 4.74 Å². The summed E-state index contributed by atoms with van der Waals surface area (Å²) in [4.78, 5) is 25.6. The number of carboxylic acid groups (broad SMARTS) is 1. The van der Waals surface area contributed by atoms with Gasteiger partial charge < -0.3 is 14.7 Å². The van der Waals surface area contributed by atoms with Crippen LogP contribution >= 0.6 is 0 Å². The van der Waals surface area contributed by atoms with Crippen molar-refractivity contribution in [3.63, 3.8) is 0 Å². The smallest absolute Gasteiger partial charge is 0.308 e. The SMILES string of the molecule is COc1ccccc1C1C(C(=O)O)CCC(=O)N1C(C)C. The number of rotatable bonds is 4. The Morgan fingerprint density at radius 3 is 2.62 bits per heavy atom. The Balaban J connectivity index is 2.54. The van der Waals surface area contributed by atoms with E-state index in [4.69, 9.17) is 4.74 Å². The summed E-state index contributed by atoms with van der Waals surface area (Å²) in [5.41, 5.74) is 0.758. The van der Waals surface area contributed by atoms with Crippen molar-refractivity contribution in [3.8, 4) is 5.75 Å². The molecule has 2 unspecified atom stereocenters. The molecule has 0 aromatic heterocycles. The van der Waals surface area contributed by atoms with Gasteiger partial charge in [-0.3, -0.25) is 9.59 Å². The molecule has 1 fully saturated rings. The highest BCUT2D eigenvalue weighted by Crippen LogP contribution is 2.41. The molecule has 1 aromatic rings. The number of para-hydroxylation sites is 1. The van der Waals surface area contributed by atoms with Crippen molar-refractivity contribution >= 4 is 11.9 Å². The van der Waals surface area contributed by atoms with E-state index in [1.807, 2.05) is 32.0 Å². The first-order valence-electron chi connectivity index (χ1n) is 7.14. The summed E-state index contributed by atoms with van der Waals surface area (Å²) < 4.78 is 5.36. The number of ether oxygens (including phenoxy) is 1. The summed E-state index contributed by atoms with van der Waals surface area (Å²) in [7, 11) is 1.55. The highest BCUT2D eigenvalue weighted by atomic mass is 16.5. The van der Waals surface area contributed by atoms with Crippen molar-refractivity contribution in [2.45, 2.75) is 38.8 Å². The molecule has 0 bridgehead atoms. The summed E-state index contributed by atoms with van der Waals surface area (Å²) in [5, 5.41) is 9.54. The molecule has 5 nitrogen and oxygen atoms in total. The minimum absolute atomic E-state index is 0.00148.